The quantitative estimate of drug-likeness (QED) is 0.727. The number of hydrogen-bond acceptors (Lipinski definition) is 4. The third kappa shape index (κ3) is 2.34. The Balaban J connectivity index is 1.96. The summed E-state index contributed by atoms with van der Waals surface area (Å²) >= 11 is 0. The van der Waals surface area contributed by atoms with Gasteiger partial charge in [0.15, 0.2) is 0 Å². The Morgan fingerprint density at radius 3 is 3.07 bits per heavy atom. The van der Waals surface area contributed by atoms with Crippen LogP contribution in [-0.2, 0) is 11.3 Å². The van der Waals surface area contributed by atoms with Crippen LogP contribution in [0, 0.1) is 11.3 Å². The predicted octanol–water partition coefficient (Wildman–Crippen LogP) is 1.11. The number of aromatic nitrogens is 3. The number of rotatable bonds is 2. The first-order chi connectivity index (χ1) is 7.09. The van der Waals surface area contributed by atoms with Crippen molar-refractivity contribution in [2.45, 2.75) is 44.9 Å². The van der Waals surface area contributed by atoms with Crippen LogP contribution in [0.5, 0.6) is 0 Å². The Hall–Kier alpha value is -1.41. The summed E-state index contributed by atoms with van der Waals surface area (Å²) in [6.45, 7) is 4.86. The molecular formula is C10H14N4O. The molecule has 1 aromatic rings. The molecule has 1 aliphatic heterocycles. The molecule has 1 fully saturated rings. The Labute approximate surface area is 88.7 Å². The van der Waals surface area contributed by atoms with Gasteiger partial charge in [-0.3, -0.25) is 0 Å². The molecule has 2 rings (SSSR count). The molecule has 0 aliphatic carbocycles. The molecule has 1 saturated heterocycles. The third-order valence-electron chi connectivity index (χ3n) is 2.58. The van der Waals surface area contributed by atoms with Crippen LogP contribution >= 0.6 is 0 Å². The maximum absolute atomic E-state index is 8.58. The van der Waals surface area contributed by atoms with Crippen molar-refractivity contribution >= 4 is 0 Å². The van der Waals surface area contributed by atoms with Crippen molar-refractivity contribution in [1.82, 2.24) is 14.8 Å². The van der Waals surface area contributed by atoms with Gasteiger partial charge in [0.05, 0.1) is 18.2 Å². The molecule has 5 nitrogen and oxygen atoms in total. The molecule has 0 spiro atoms. The molecule has 0 radical (unpaired) electrons. The van der Waals surface area contributed by atoms with Gasteiger partial charge in [-0.2, -0.15) is 5.26 Å². The molecule has 5 heteroatoms. The van der Waals surface area contributed by atoms with Crippen LogP contribution in [0.1, 0.15) is 32.5 Å². The molecule has 1 aliphatic rings. The normalized spacial score (nSPS) is 23.9. The maximum Gasteiger partial charge on any atom is 0.252 e. The zero-order chi connectivity index (χ0) is 10.9. The van der Waals surface area contributed by atoms with Crippen molar-refractivity contribution in [2.24, 2.45) is 0 Å². The van der Waals surface area contributed by atoms with Gasteiger partial charge in [-0.25, -0.2) is 9.67 Å². The summed E-state index contributed by atoms with van der Waals surface area (Å²) in [6, 6.07) is 1.90. The van der Waals surface area contributed by atoms with Crippen molar-refractivity contribution in [1.29, 1.82) is 5.26 Å². The van der Waals surface area contributed by atoms with Crippen molar-refractivity contribution in [2.75, 3.05) is 0 Å². The molecule has 1 unspecified atom stereocenters. The van der Waals surface area contributed by atoms with Crippen molar-refractivity contribution in [3.8, 4) is 6.07 Å². The highest BCUT2D eigenvalue weighted by molar-refractivity contribution is 5.05. The molecule has 1 atom stereocenters. The summed E-state index contributed by atoms with van der Waals surface area (Å²) in [6.07, 6.45) is 3.87. The molecule has 0 amide bonds. The lowest BCUT2D eigenvalue weighted by Gasteiger charge is -2.18. The summed E-state index contributed by atoms with van der Waals surface area (Å²) in [5.41, 5.74) is -0.0245. The second-order valence-corrected chi connectivity index (χ2v) is 4.44. The van der Waals surface area contributed by atoms with Crippen molar-refractivity contribution in [3.63, 3.8) is 0 Å². The van der Waals surface area contributed by atoms with E-state index in [1.54, 1.807) is 11.0 Å². The topological polar surface area (TPSA) is 63.7 Å². The average molecular weight is 206 g/mol. The highest BCUT2D eigenvalue weighted by Crippen LogP contribution is 2.29. The Bertz CT molecular complexity index is 390. The van der Waals surface area contributed by atoms with Gasteiger partial charge in [0.25, 0.3) is 5.82 Å². The van der Waals surface area contributed by atoms with E-state index in [9.17, 15) is 0 Å². The third-order valence-corrected chi connectivity index (χ3v) is 2.58. The standard InChI is InChI=1S/C10H14N4O/c1-10(2)4-3-8(15-10)6-14-7-12-9(5-11)13-14/h7-8H,3-4,6H2,1-2H3. The van der Waals surface area contributed by atoms with Crippen LogP contribution in [0.15, 0.2) is 6.33 Å². The minimum atomic E-state index is -0.0245. The second-order valence-electron chi connectivity index (χ2n) is 4.44. The summed E-state index contributed by atoms with van der Waals surface area (Å²) in [5.74, 6) is 0.215. The Kier molecular flexibility index (Phi) is 2.45. The van der Waals surface area contributed by atoms with Gasteiger partial charge in [-0.05, 0) is 26.7 Å². The van der Waals surface area contributed by atoms with E-state index in [2.05, 4.69) is 23.9 Å². The van der Waals surface area contributed by atoms with E-state index in [1.807, 2.05) is 6.07 Å². The Morgan fingerprint density at radius 1 is 1.73 bits per heavy atom. The minimum absolute atomic E-state index is 0.0245. The van der Waals surface area contributed by atoms with Crippen LogP contribution in [0.3, 0.4) is 0 Å². The van der Waals surface area contributed by atoms with E-state index in [-0.39, 0.29) is 17.5 Å². The van der Waals surface area contributed by atoms with E-state index in [4.69, 9.17) is 10.00 Å². The lowest BCUT2D eigenvalue weighted by molar-refractivity contribution is -0.0230. The van der Waals surface area contributed by atoms with Crippen molar-refractivity contribution < 1.29 is 4.74 Å². The van der Waals surface area contributed by atoms with Crippen molar-refractivity contribution in [3.05, 3.63) is 12.2 Å². The first-order valence-electron chi connectivity index (χ1n) is 5.06. The minimum Gasteiger partial charge on any atom is -0.370 e. The van der Waals surface area contributed by atoms with Gasteiger partial charge in [0.1, 0.15) is 12.4 Å². The van der Waals surface area contributed by atoms with E-state index in [1.165, 1.54) is 0 Å². The summed E-state index contributed by atoms with van der Waals surface area (Å²) < 4.78 is 7.50. The highest BCUT2D eigenvalue weighted by atomic mass is 16.5. The number of nitrogens with zero attached hydrogens (tertiary/aromatic N) is 4. The number of ether oxygens (including phenoxy) is 1. The number of nitriles is 1. The fourth-order valence-electron chi connectivity index (χ4n) is 1.85. The highest BCUT2D eigenvalue weighted by Gasteiger charge is 2.31. The molecule has 0 bridgehead atoms. The molecule has 1 aromatic heterocycles. The molecule has 15 heavy (non-hydrogen) atoms. The molecule has 0 N–H and O–H groups in total. The monoisotopic (exact) mass is 206 g/mol. The van der Waals surface area contributed by atoms with Gasteiger partial charge < -0.3 is 4.74 Å². The fourth-order valence-corrected chi connectivity index (χ4v) is 1.85. The van der Waals surface area contributed by atoms with Crippen LogP contribution in [-0.4, -0.2) is 26.5 Å². The maximum atomic E-state index is 8.58. The van der Waals surface area contributed by atoms with Gasteiger partial charge in [0.2, 0.25) is 0 Å². The molecule has 0 aromatic carbocycles. The van der Waals surface area contributed by atoms with E-state index >= 15 is 0 Å². The second kappa shape index (κ2) is 3.63. The molecular weight excluding hydrogens is 192 g/mol. The zero-order valence-corrected chi connectivity index (χ0v) is 8.97. The van der Waals surface area contributed by atoms with Crippen LogP contribution in [0.25, 0.3) is 0 Å². The molecule has 2 heterocycles. The molecule has 80 valence electrons. The number of hydrogen-bond donors (Lipinski definition) is 0. The van der Waals surface area contributed by atoms with Crippen LogP contribution in [0.2, 0.25) is 0 Å². The summed E-state index contributed by atoms with van der Waals surface area (Å²) in [7, 11) is 0. The smallest absolute Gasteiger partial charge is 0.252 e. The fraction of sp³-hybridized carbons (Fsp3) is 0.700. The average Bonchev–Trinajstić information content (AvgIpc) is 2.73. The van der Waals surface area contributed by atoms with Gasteiger partial charge >= 0.3 is 0 Å². The van der Waals surface area contributed by atoms with Crippen LogP contribution in [0.4, 0.5) is 0 Å². The predicted molar refractivity (Wildman–Crippen MR) is 52.9 cm³/mol. The first kappa shape index (κ1) is 10.1. The van der Waals surface area contributed by atoms with E-state index in [0.29, 0.717) is 6.54 Å². The van der Waals surface area contributed by atoms with Gasteiger partial charge in [-0.15, -0.1) is 5.10 Å². The summed E-state index contributed by atoms with van der Waals surface area (Å²) in [4.78, 5) is 3.85. The SMILES string of the molecule is CC1(C)CCC(Cn2cnc(C#N)n2)O1. The largest absolute Gasteiger partial charge is 0.370 e. The summed E-state index contributed by atoms with van der Waals surface area (Å²) in [5, 5.41) is 12.6. The lowest BCUT2D eigenvalue weighted by Crippen LogP contribution is -2.23. The van der Waals surface area contributed by atoms with E-state index < -0.39 is 0 Å². The van der Waals surface area contributed by atoms with E-state index in [0.717, 1.165) is 12.8 Å². The zero-order valence-electron chi connectivity index (χ0n) is 8.97. The Morgan fingerprint density at radius 2 is 2.53 bits per heavy atom. The van der Waals surface area contributed by atoms with Crippen LogP contribution < -0.4 is 0 Å². The molecule has 0 saturated carbocycles. The van der Waals surface area contributed by atoms with Gasteiger partial charge in [0, 0.05) is 0 Å². The first-order valence-corrected chi connectivity index (χ1v) is 5.06. The lowest BCUT2D eigenvalue weighted by atomic mass is 10.1. The van der Waals surface area contributed by atoms with Gasteiger partial charge in [-0.1, -0.05) is 0 Å².